The van der Waals surface area contributed by atoms with Crippen LogP contribution in [0.4, 0.5) is 0 Å². The van der Waals surface area contributed by atoms with Gasteiger partial charge in [0.1, 0.15) is 0 Å². The summed E-state index contributed by atoms with van der Waals surface area (Å²) in [5.74, 6) is -0.247. The van der Waals surface area contributed by atoms with Crippen LogP contribution in [0, 0.1) is 0 Å². The Morgan fingerprint density at radius 3 is 3.00 bits per heavy atom. The number of hydrogen-bond acceptors (Lipinski definition) is 2. The van der Waals surface area contributed by atoms with Crippen molar-refractivity contribution in [2.75, 3.05) is 0 Å². The van der Waals surface area contributed by atoms with Gasteiger partial charge in [-0.1, -0.05) is 0 Å². The molecule has 0 saturated heterocycles. The Hall–Kier alpha value is 0.00870. The molecule has 0 heterocycles. The number of unbranched alkanes of at least 4 members (excludes halogenated alkanes) is 1. The molecule has 0 aliphatic heterocycles. The van der Waals surface area contributed by atoms with Crippen LogP contribution in [0.1, 0.15) is 19.8 Å². The minimum atomic E-state index is -0.827. The number of carbonyl (C=O) groups excluding carboxylic acids is 1. The maximum atomic E-state index is 10.5. The zero-order chi connectivity index (χ0) is 7.82. The monoisotopic (exact) mass is 248 g/mol. The van der Waals surface area contributed by atoms with Crippen molar-refractivity contribution in [2.24, 2.45) is 0 Å². The Morgan fingerprint density at radius 2 is 2.50 bits per heavy atom. The Labute approximate surface area is 72.4 Å². The summed E-state index contributed by atoms with van der Waals surface area (Å²) in [6, 6.07) is 0. The average molecular weight is 247 g/mol. The second-order valence-electron chi connectivity index (χ2n) is 1.87. The van der Waals surface area contributed by atoms with E-state index in [2.05, 4.69) is 13.5 Å². The summed E-state index contributed by atoms with van der Waals surface area (Å²) in [7, 11) is 0. The molecule has 0 N–H and O–H groups in total. The van der Waals surface area contributed by atoms with Crippen molar-refractivity contribution in [3.05, 3.63) is 12.7 Å². The number of rotatable bonds is 5. The van der Waals surface area contributed by atoms with E-state index in [1.165, 1.54) is 18.9 Å². The fourth-order valence-electron chi connectivity index (χ4n) is 0.413. The van der Waals surface area contributed by atoms with Gasteiger partial charge in [0.25, 0.3) is 0 Å². The van der Waals surface area contributed by atoms with E-state index in [0.717, 1.165) is 4.44 Å². The van der Waals surface area contributed by atoms with Crippen LogP contribution in [0.3, 0.4) is 0 Å². The second-order valence-corrected chi connectivity index (χ2v) is 4.71. The summed E-state index contributed by atoms with van der Waals surface area (Å²) < 4.78 is 6.03. The normalized spacial score (nSPS) is 8.90. The van der Waals surface area contributed by atoms with Crippen LogP contribution in [-0.2, 0) is 7.87 Å². The first-order valence-electron chi connectivity index (χ1n) is 3.37. The molecule has 0 aliphatic rings. The van der Waals surface area contributed by atoms with Crippen LogP contribution in [-0.4, -0.2) is 27.5 Å². The van der Waals surface area contributed by atoms with Gasteiger partial charge in [-0.2, -0.15) is 0 Å². The second kappa shape index (κ2) is 7.12. The molecule has 10 heavy (non-hydrogen) atoms. The molecule has 0 spiro atoms. The van der Waals surface area contributed by atoms with Crippen LogP contribution in [0.2, 0.25) is 4.44 Å². The predicted octanol–water partition coefficient (Wildman–Crippen LogP) is 1.55. The Morgan fingerprint density at radius 1 is 1.80 bits per heavy atom. The molecule has 0 rings (SSSR count). The minimum absolute atomic E-state index is 0.247. The standard InChI is InChI=1S/C4H9.C3H4O2.Sn/c1-3-4-2;1-2-3(4)5;/h1,3-4H2,2H3;2H,1H2,(H,4,5);/q;;+1/p-1. The Balaban J connectivity index is 3.03. The van der Waals surface area contributed by atoms with Gasteiger partial charge >= 0.3 is 72.3 Å². The summed E-state index contributed by atoms with van der Waals surface area (Å²) >= 11 is -0.827. The summed E-state index contributed by atoms with van der Waals surface area (Å²) in [4.78, 5) is 10.5. The number of hydrogen-bond donors (Lipinski definition) is 0. The fourth-order valence-corrected chi connectivity index (χ4v) is 2.77. The van der Waals surface area contributed by atoms with E-state index in [4.69, 9.17) is 3.07 Å². The van der Waals surface area contributed by atoms with E-state index >= 15 is 0 Å². The molecule has 0 unspecified atom stereocenters. The molecular formula is C7H12O2Sn. The third kappa shape index (κ3) is 6.13. The third-order valence-electron chi connectivity index (χ3n) is 0.972. The fraction of sp³-hybridized carbons (Fsp3) is 0.571. The molecule has 3 heteroatoms. The van der Waals surface area contributed by atoms with Gasteiger partial charge < -0.3 is 0 Å². The van der Waals surface area contributed by atoms with Gasteiger partial charge in [0.15, 0.2) is 0 Å². The molecule has 2 radical (unpaired) electrons. The van der Waals surface area contributed by atoms with Gasteiger partial charge in [-0.05, 0) is 0 Å². The first-order valence-corrected chi connectivity index (χ1v) is 6.55. The molecule has 0 bridgehead atoms. The first kappa shape index (κ1) is 10.0. The van der Waals surface area contributed by atoms with Gasteiger partial charge in [0, 0.05) is 0 Å². The quantitative estimate of drug-likeness (QED) is 0.418. The zero-order valence-corrected chi connectivity index (χ0v) is 9.08. The molecular weight excluding hydrogens is 235 g/mol. The molecule has 0 fully saturated rings. The topological polar surface area (TPSA) is 26.3 Å². The zero-order valence-electron chi connectivity index (χ0n) is 6.22. The third-order valence-corrected chi connectivity index (χ3v) is 3.55. The molecule has 0 amide bonds. The molecule has 0 atom stereocenters. The maximum absolute atomic E-state index is 10.5. The van der Waals surface area contributed by atoms with Crippen LogP contribution >= 0.6 is 0 Å². The SMILES string of the molecule is C=CC(=O)[O][Sn][CH2]CCC. The molecule has 56 valence electrons. The van der Waals surface area contributed by atoms with Crippen LogP contribution < -0.4 is 0 Å². The molecule has 2 nitrogen and oxygen atoms in total. The van der Waals surface area contributed by atoms with Crippen molar-refractivity contribution in [3.63, 3.8) is 0 Å². The van der Waals surface area contributed by atoms with Crippen molar-refractivity contribution in [3.8, 4) is 0 Å². The van der Waals surface area contributed by atoms with Crippen LogP contribution in [0.15, 0.2) is 12.7 Å². The van der Waals surface area contributed by atoms with Gasteiger partial charge in [-0.3, -0.25) is 0 Å². The van der Waals surface area contributed by atoms with Crippen LogP contribution in [0.25, 0.3) is 0 Å². The Kier molecular flexibility index (Phi) is 7.13. The van der Waals surface area contributed by atoms with Crippen molar-refractivity contribution < 1.29 is 7.87 Å². The van der Waals surface area contributed by atoms with E-state index in [-0.39, 0.29) is 5.97 Å². The van der Waals surface area contributed by atoms with Gasteiger partial charge in [-0.25, -0.2) is 0 Å². The molecule has 0 saturated carbocycles. The first-order chi connectivity index (χ1) is 4.81. The van der Waals surface area contributed by atoms with Crippen molar-refractivity contribution in [1.29, 1.82) is 0 Å². The van der Waals surface area contributed by atoms with Crippen LogP contribution in [0.5, 0.6) is 0 Å². The molecule has 0 aromatic heterocycles. The summed E-state index contributed by atoms with van der Waals surface area (Å²) in [5, 5.41) is 0. The van der Waals surface area contributed by atoms with E-state index in [0.29, 0.717) is 0 Å². The summed E-state index contributed by atoms with van der Waals surface area (Å²) in [6.07, 6.45) is 3.61. The number of carbonyl (C=O) groups is 1. The Bertz CT molecular complexity index is 112. The average Bonchev–Trinajstić information content (AvgIpc) is 1.98. The van der Waals surface area contributed by atoms with Gasteiger partial charge in [-0.15, -0.1) is 0 Å². The van der Waals surface area contributed by atoms with E-state index in [1.807, 2.05) is 0 Å². The van der Waals surface area contributed by atoms with Crippen molar-refractivity contribution >= 4 is 27.5 Å². The summed E-state index contributed by atoms with van der Waals surface area (Å²) in [5.41, 5.74) is 0. The molecule has 0 aromatic carbocycles. The van der Waals surface area contributed by atoms with Gasteiger partial charge in [0.2, 0.25) is 0 Å². The van der Waals surface area contributed by atoms with E-state index in [9.17, 15) is 4.79 Å². The van der Waals surface area contributed by atoms with Crippen molar-refractivity contribution in [2.45, 2.75) is 24.2 Å². The summed E-state index contributed by atoms with van der Waals surface area (Å²) in [6.45, 7) is 5.45. The molecule has 0 aromatic rings. The molecule has 0 aliphatic carbocycles. The van der Waals surface area contributed by atoms with E-state index < -0.39 is 21.6 Å². The predicted molar refractivity (Wildman–Crippen MR) is 41.8 cm³/mol. The van der Waals surface area contributed by atoms with Crippen molar-refractivity contribution in [1.82, 2.24) is 0 Å². The van der Waals surface area contributed by atoms with E-state index in [1.54, 1.807) is 0 Å². The van der Waals surface area contributed by atoms with Gasteiger partial charge in [0.05, 0.1) is 0 Å².